The Morgan fingerprint density at radius 2 is 2.12 bits per heavy atom. The van der Waals surface area contributed by atoms with Crippen LogP contribution in [0.4, 0.5) is 0 Å². The summed E-state index contributed by atoms with van der Waals surface area (Å²) in [5.74, 6) is -0.131. The molecule has 1 N–H and O–H groups in total. The van der Waals surface area contributed by atoms with Crippen LogP contribution in [0.2, 0.25) is 0 Å². The number of carbonyl (C=O) groups excluding carboxylic acids is 2. The van der Waals surface area contributed by atoms with E-state index >= 15 is 0 Å². The second-order valence-electron chi connectivity index (χ2n) is 4.82. The predicted octanol–water partition coefficient (Wildman–Crippen LogP) is 0.537. The zero-order chi connectivity index (χ0) is 13.2. The quantitative estimate of drug-likeness (QED) is 0.782. The van der Waals surface area contributed by atoms with Gasteiger partial charge in [-0.1, -0.05) is 6.92 Å². The summed E-state index contributed by atoms with van der Waals surface area (Å²) in [5.41, 5.74) is -0.767. The van der Waals surface area contributed by atoms with E-state index in [0.29, 0.717) is 13.0 Å². The molecule has 1 aliphatic heterocycles. The van der Waals surface area contributed by atoms with Crippen LogP contribution in [0.25, 0.3) is 0 Å². The summed E-state index contributed by atoms with van der Waals surface area (Å²) in [5, 5.41) is 2.72. The molecule has 1 aliphatic rings. The molecule has 3 atom stereocenters. The summed E-state index contributed by atoms with van der Waals surface area (Å²) in [6.45, 7) is 7.75. The summed E-state index contributed by atoms with van der Waals surface area (Å²) >= 11 is 0. The number of piperazine rings is 1. The van der Waals surface area contributed by atoms with Crippen molar-refractivity contribution >= 4 is 11.8 Å². The van der Waals surface area contributed by atoms with Gasteiger partial charge in [0.15, 0.2) is 0 Å². The van der Waals surface area contributed by atoms with Gasteiger partial charge in [-0.15, -0.1) is 0 Å². The van der Waals surface area contributed by atoms with Gasteiger partial charge in [0.2, 0.25) is 11.8 Å². The number of amides is 2. The fourth-order valence-electron chi connectivity index (χ4n) is 1.99. The Morgan fingerprint density at radius 1 is 1.53 bits per heavy atom. The molecule has 0 aromatic carbocycles. The maximum atomic E-state index is 12.2. The van der Waals surface area contributed by atoms with E-state index in [9.17, 15) is 9.59 Å². The van der Waals surface area contributed by atoms with Gasteiger partial charge >= 0.3 is 0 Å². The zero-order valence-electron chi connectivity index (χ0n) is 11.2. The number of rotatable bonds is 4. The van der Waals surface area contributed by atoms with Crippen molar-refractivity contribution < 1.29 is 14.3 Å². The molecule has 5 nitrogen and oxygen atoms in total. The van der Waals surface area contributed by atoms with Crippen LogP contribution in [0.1, 0.15) is 34.1 Å². The number of nitrogens with one attached hydrogen (secondary N) is 1. The van der Waals surface area contributed by atoms with E-state index in [1.54, 1.807) is 25.9 Å². The standard InChI is InChI=1S/C12H22N2O3/c1-6-12(4)11(16)13-9(3)10(15)14(12)7-8(2)17-5/h8-9H,6-7H2,1-5H3,(H,13,16). The van der Waals surface area contributed by atoms with E-state index in [1.165, 1.54) is 0 Å². The van der Waals surface area contributed by atoms with E-state index in [2.05, 4.69) is 5.32 Å². The first-order valence-corrected chi connectivity index (χ1v) is 6.02. The van der Waals surface area contributed by atoms with E-state index in [1.807, 2.05) is 13.8 Å². The highest BCUT2D eigenvalue weighted by Gasteiger charge is 2.47. The number of ether oxygens (including phenoxy) is 1. The summed E-state index contributed by atoms with van der Waals surface area (Å²) in [4.78, 5) is 25.8. The summed E-state index contributed by atoms with van der Waals surface area (Å²) in [6.07, 6.45) is 0.510. The van der Waals surface area contributed by atoms with Crippen LogP contribution >= 0.6 is 0 Å². The van der Waals surface area contributed by atoms with Gasteiger partial charge in [-0.2, -0.15) is 0 Å². The van der Waals surface area contributed by atoms with Gasteiger partial charge in [0.05, 0.1) is 6.10 Å². The molecule has 0 aliphatic carbocycles. The van der Waals surface area contributed by atoms with Crippen LogP contribution in [0.3, 0.4) is 0 Å². The molecule has 0 bridgehead atoms. The third-order valence-electron chi connectivity index (χ3n) is 3.60. The van der Waals surface area contributed by atoms with Crippen LogP contribution in [0.5, 0.6) is 0 Å². The van der Waals surface area contributed by atoms with Crippen molar-refractivity contribution in [3.63, 3.8) is 0 Å². The van der Waals surface area contributed by atoms with Crippen molar-refractivity contribution in [2.75, 3.05) is 13.7 Å². The Hall–Kier alpha value is -1.10. The molecule has 98 valence electrons. The molecule has 0 radical (unpaired) electrons. The number of methoxy groups -OCH3 is 1. The minimum absolute atomic E-state index is 0.0437. The van der Waals surface area contributed by atoms with Crippen molar-refractivity contribution in [3.8, 4) is 0 Å². The second-order valence-corrected chi connectivity index (χ2v) is 4.82. The van der Waals surface area contributed by atoms with Crippen molar-refractivity contribution in [1.82, 2.24) is 10.2 Å². The average molecular weight is 242 g/mol. The minimum Gasteiger partial charge on any atom is -0.380 e. The highest BCUT2D eigenvalue weighted by atomic mass is 16.5. The molecule has 1 rings (SSSR count). The Balaban J connectivity index is 2.99. The molecular formula is C12H22N2O3. The highest BCUT2D eigenvalue weighted by Crippen LogP contribution is 2.25. The number of nitrogens with zero attached hydrogens (tertiary/aromatic N) is 1. The fraction of sp³-hybridized carbons (Fsp3) is 0.833. The van der Waals surface area contributed by atoms with Crippen LogP contribution in [-0.2, 0) is 14.3 Å². The number of hydrogen-bond acceptors (Lipinski definition) is 3. The molecule has 5 heteroatoms. The molecule has 1 fully saturated rings. The van der Waals surface area contributed by atoms with E-state index < -0.39 is 11.6 Å². The molecule has 0 spiro atoms. The van der Waals surface area contributed by atoms with Crippen molar-refractivity contribution in [2.45, 2.75) is 51.8 Å². The minimum atomic E-state index is -0.767. The smallest absolute Gasteiger partial charge is 0.246 e. The summed E-state index contributed by atoms with van der Waals surface area (Å²) < 4.78 is 5.18. The molecule has 0 aromatic rings. The monoisotopic (exact) mass is 242 g/mol. The van der Waals surface area contributed by atoms with E-state index in [4.69, 9.17) is 4.74 Å². The van der Waals surface area contributed by atoms with Crippen molar-refractivity contribution in [3.05, 3.63) is 0 Å². The third kappa shape index (κ3) is 2.44. The zero-order valence-corrected chi connectivity index (χ0v) is 11.2. The van der Waals surface area contributed by atoms with Crippen molar-refractivity contribution in [2.24, 2.45) is 0 Å². The highest BCUT2D eigenvalue weighted by molar-refractivity contribution is 5.99. The third-order valence-corrected chi connectivity index (χ3v) is 3.60. The predicted molar refractivity (Wildman–Crippen MR) is 64.5 cm³/mol. The molecule has 17 heavy (non-hydrogen) atoms. The van der Waals surface area contributed by atoms with Gasteiger partial charge in [-0.25, -0.2) is 0 Å². The van der Waals surface area contributed by atoms with Crippen molar-refractivity contribution in [1.29, 1.82) is 0 Å². The Kier molecular flexibility index (Phi) is 4.14. The maximum absolute atomic E-state index is 12.2. The van der Waals surface area contributed by atoms with E-state index in [-0.39, 0.29) is 17.9 Å². The van der Waals surface area contributed by atoms with E-state index in [0.717, 1.165) is 0 Å². The van der Waals surface area contributed by atoms with Gasteiger partial charge in [0.25, 0.3) is 0 Å². The maximum Gasteiger partial charge on any atom is 0.246 e. The average Bonchev–Trinajstić information content (AvgIpc) is 2.31. The van der Waals surface area contributed by atoms with Gasteiger partial charge in [-0.05, 0) is 27.2 Å². The Morgan fingerprint density at radius 3 is 2.59 bits per heavy atom. The van der Waals surface area contributed by atoms with Crippen LogP contribution < -0.4 is 5.32 Å². The summed E-state index contributed by atoms with van der Waals surface area (Å²) in [7, 11) is 1.60. The normalized spacial score (nSPS) is 31.4. The first-order valence-electron chi connectivity index (χ1n) is 6.02. The number of carbonyl (C=O) groups is 2. The summed E-state index contributed by atoms with van der Waals surface area (Å²) in [6, 6.07) is -0.453. The van der Waals surface area contributed by atoms with Gasteiger partial charge in [0.1, 0.15) is 11.6 Å². The van der Waals surface area contributed by atoms with Crippen LogP contribution in [0, 0.1) is 0 Å². The first kappa shape index (κ1) is 14.0. The molecule has 1 heterocycles. The lowest BCUT2D eigenvalue weighted by molar-refractivity contribution is -0.158. The van der Waals surface area contributed by atoms with Crippen LogP contribution in [0.15, 0.2) is 0 Å². The molecular weight excluding hydrogens is 220 g/mol. The lowest BCUT2D eigenvalue weighted by Gasteiger charge is -2.46. The molecule has 3 unspecified atom stereocenters. The second kappa shape index (κ2) is 5.04. The molecule has 1 saturated heterocycles. The molecule has 0 saturated carbocycles. The fourth-order valence-corrected chi connectivity index (χ4v) is 1.99. The topological polar surface area (TPSA) is 58.6 Å². The van der Waals surface area contributed by atoms with Gasteiger partial charge < -0.3 is 15.0 Å². The SMILES string of the molecule is CCC1(C)C(=O)NC(C)C(=O)N1CC(C)OC. The Labute approximate surface area is 102 Å². The largest absolute Gasteiger partial charge is 0.380 e. The first-order chi connectivity index (χ1) is 7.86. The lowest BCUT2D eigenvalue weighted by atomic mass is 9.90. The number of hydrogen-bond donors (Lipinski definition) is 1. The lowest BCUT2D eigenvalue weighted by Crippen LogP contribution is -2.69. The molecule has 2 amide bonds. The Bertz CT molecular complexity index is 319. The van der Waals surface area contributed by atoms with Crippen LogP contribution in [-0.4, -0.2) is 48.1 Å². The molecule has 0 aromatic heterocycles. The van der Waals surface area contributed by atoms with Gasteiger partial charge in [0, 0.05) is 13.7 Å². The van der Waals surface area contributed by atoms with Gasteiger partial charge in [-0.3, -0.25) is 9.59 Å².